The fourth-order valence-electron chi connectivity index (χ4n) is 3.85. The van der Waals surface area contributed by atoms with Crippen molar-refractivity contribution in [3.63, 3.8) is 0 Å². The second kappa shape index (κ2) is 12.4. The summed E-state index contributed by atoms with van der Waals surface area (Å²) in [4.78, 5) is 41.2. The molecule has 2 amide bonds. The SMILES string of the molecule is CCC(NC(=O)C(C)(CC(=O)N1CCOCC1)S(=O)(=O)Cc1ccccc1)C(=O)c1nnc(COC)o1. The smallest absolute Gasteiger partial charge is 0.286 e. The van der Waals surface area contributed by atoms with Crippen LogP contribution in [0.5, 0.6) is 0 Å². The molecule has 0 spiro atoms. The summed E-state index contributed by atoms with van der Waals surface area (Å²) in [7, 11) is -2.80. The lowest BCUT2D eigenvalue weighted by Crippen LogP contribution is -2.57. The number of nitrogens with one attached hydrogen (secondary N) is 1. The van der Waals surface area contributed by atoms with E-state index < -0.39 is 50.4 Å². The van der Waals surface area contributed by atoms with Crippen molar-refractivity contribution in [3.8, 4) is 0 Å². The van der Waals surface area contributed by atoms with Crippen molar-refractivity contribution in [3.05, 3.63) is 47.7 Å². The summed E-state index contributed by atoms with van der Waals surface area (Å²) in [6, 6.07) is 7.24. The van der Waals surface area contributed by atoms with Gasteiger partial charge in [-0.15, -0.1) is 10.2 Å². The van der Waals surface area contributed by atoms with Gasteiger partial charge in [0.2, 0.25) is 23.5 Å². The van der Waals surface area contributed by atoms with Crippen molar-refractivity contribution >= 4 is 27.4 Å². The Hall–Kier alpha value is -3.16. The van der Waals surface area contributed by atoms with Crippen LogP contribution in [-0.2, 0) is 41.3 Å². The first-order valence-corrected chi connectivity index (χ1v) is 13.5. The number of rotatable bonds is 12. The third-order valence-electron chi connectivity index (χ3n) is 6.19. The van der Waals surface area contributed by atoms with Gasteiger partial charge in [-0.25, -0.2) is 8.42 Å². The van der Waals surface area contributed by atoms with E-state index in [0.29, 0.717) is 31.9 Å². The zero-order valence-corrected chi connectivity index (χ0v) is 22.0. The van der Waals surface area contributed by atoms with Crippen LogP contribution in [0.25, 0.3) is 0 Å². The minimum absolute atomic E-state index is 0.00286. The predicted octanol–water partition coefficient (Wildman–Crippen LogP) is 0.916. The minimum Gasteiger partial charge on any atom is -0.416 e. The Labute approximate surface area is 215 Å². The summed E-state index contributed by atoms with van der Waals surface area (Å²) in [6.45, 7) is 4.12. The van der Waals surface area contributed by atoms with Crippen LogP contribution in [0.1, 0.15) is 48.8 Å². The molecule has 1 aliphatic rings. The molecular weight excluding hydrogens is 504 g/mol. The molecule has 0 aliphatic carbocycles. The summed E-state index contributed by atoms with van der Waals surface area (Å²) < 4.78 is 40.6. The first kappa shape index (κ1) is 28.4. The molecule has 2 atom stereocenters. The molecule has 1 N–H and O–H groups in total. The van der Waals surface area contributed by atoms with Crippen LogP contribution < -0.4 is 5.32 Å². The van der Waals surface area contributed by atoms with E-state index in [1.165, 1.54) is 18.9 Å². The Bertz CT molecular complexity index is 1190. The van der Waals surface area contributed by atoms with E-state index >= 15 is 0 Å². The summed E-state index contributed by atoms with van der Waals surface area (Å²) in [5.41, 5.74) is 0.472. The van der Waals surface area contributed by atoms with Crippen molar-refractivity contribution in [2.24, 2.45) is 0 Å². The number of morpholine rings is 1. The Morgan fingerprint density at radius 3 is 2.46 bits per heavy atom. The van der Waals surface area contributed by atoms with Gasteiger partial charge < -0.3 is 24.1 Å². The Balaban J connectivity index is 1.88. The lowest BCUT2D eigenvalue weighted by atomic mass is 10.0. The highest BCUT2D eigenvalue weighted by Gasteiger charge is 2.49. The van der Waals surface area contributed by atoms with Crippen molar-refractivity contribution in [2.45, 2.75) is 49.8 Å². The Morgan fingerprint density at radius 1 is 1.16 bits per heavy atom. The zero-order chi connectivity index (χ0) is 27.1. The average Bonchev–Trinajstić information content (AvgIpc) is 3.36. The Morgan fingerprint density at radius 2 is 1.84 bits per heavy atom. The van der Waals surface area contributed by atoms with Crippen molar-refractivity contribution in [1.82, 2.24) is 20.4 Å². The van der Waals surface area contributed by atoms with Crippen LogP contribution in [0.2, 0.25) is 0 Å². The zero-order valence-electron chi connectivity index (χ0n) is 21.1. The van der Waals surface area contributed by atoms with Gasteiger partial charge in [-0.3, -0.25) is 14.4 Å². The van der Waals surface area contributed by atoms with Gasteiger partial charge in [0, 0.05) is 20.2 Å². The molecular formula is C24H32N4O8S. The number of amides is 2. The van der Waals surface area contributed by atoms with Crippen LogP contribution in [0.3, 0.4) is 0 Å². The number of carbonyl (C=O) groups excluding carboxylic acids is 3. The van der Waals surface area contributed by atoms with Crippen LogP contribution in [0.4, 0.5) is 0 Å². The van der Waals surface area contributed by atoms with Crippen LogP contribution in [0, 0.1) is 0 Å². The first-order valence-electron chi connectivity index (χ1n) is 11.9. The molecule has 37 heavy (non-hydrogen) atoms. The molecule has 0 saturated carbocycles. The third kappa shape index (κ3) is 6.79. The molecule has 202 valence electrons. The maximum atomic E-state index is 13.7. The number of hydrogen-bond donors (Lipinski definition) is 1. The lowest BCUT2D eigenvalue weighted by molar-refractivity contribution is -0.138. The van der Waals surface area contributed by atoms with Crippen LogP contribution in [0.15, 0.2) is 34.7 Å². The fourth-order valence-corrected chi connectivity index (χ4v) is 5.48. The maximum absolute atomic E-state index is 13.7. The highest BCUT2D eigenvalue weighted by Crippen LogP contribution is 2.28. The van der Waals surface area contributed by atoms with E-state index in [0.717, 1.165) is 0 Å². The molecule has 0 radical (unpaired) electrons. The molecule has 2 unspecified atom stereocenters. The number of aromatic nitrogens is 2. The van der Waals surface area contributed by atoms with Gasteiger partial charge in [-0.2, -0.15) is 0 Å². The largest absolute Gasteiger partial charge is 0.416 e. The molecule has 1 fully saturated rings. The van der Waals surface area contributed by atoms with Gasteiger partial charge in [0.05, 0.1) is 31.4 Å². The van der Waals surface area contributed by atoms with E-state index in [2.05, 4.69) is 15.5 Å². The molecule has 1 aromatic carbocycles. The quantitative estimate of drug-likeness (QED) is 0.387. The van der Waals surface area contributed by atoms with Gasteiger partial charge >= 0.3 is 0 Å². The standard InChI is InChI=1S/C24H32N4O8S/c1-4-18(21(30)22-27-26-19(36-22)15-34-3)25-23(31)24(2,14-20(29)28-10-12-35-13-11-28)37(32,33)16-17-8-6-5-7-9-17/h5-9,18H,4,10-16H2,1-3H3,(H,25,31). The monoisotopic (exact) mass is 536 g/mol. The van der Waals surface area contributed by atoms with Crippen molar-refractivity contribution in [2.75, 3.05) is 33.4 Å². The second-order valence-electron chi connectivity index (χ2n) is 8.88. The normalized spacial score (nSPS) is 16.6. The minimum atomic E-state index is -4.23. The number of Topliss-reactive ketones (excluding diaryl/α,β-unsaturated/α-hetero) is 1. The number of nitrogens with zero attached hydrogens (tertiary/aromatic N) is 3. The molecule has 1 saturated heterocycles. The maximum Gasteiger partial charge on any atom is 0.286 e. The molecule has 2 aromatic rings. The number of ether oxygens (including phenoxy) is 2. The van der Waals surface area contributed by atoms with E-state index in [4.69, 9.17) is 13.9 Å². The molecule has 13 heteroatoms. The topological polar surface area (TPSA) is 158 Å². The Kier molecular flexibility index (Phi) is 9.51. The number of carbonyl (C=O) groups is 3. The van der Waals surface area contributed by atoms with Crippen LogP contribution in [-0.4, -0.2) is 85.3 Å². The number of benzene rings is 1. The molecule has 1 aromatic heterocycles. The highest BCUT2D eigenvalue weighted by molar-refractivity contribution is 7.92. The van der Waals surface area contributed by atoms with E-state index in [1.54, 1.807) is 37.3 Å². The number of sulfone groups is 1. The van der Waals surface area contributed by atoms with Gasteiger partial charge in [0.1, 0.15) is 6.61 Å². The van der Waals surface area contributed by atoms with E-state index in [9.17, 15) is 22.8 Å². The molecule has 12 nitrogen and oxygen atoms in total. The summed E-state index contributed by atoms with van der Waals surface area (Å²) in [5, 5.41) is 9.94. The average molecular weight is 537 g/mol. The van der Waals surface area contributed by atoms with Gasteiger partial charge in [-0.05, 0) is 18.9 Å². The molecule has 0 bridgehead atoms. The van der Waals surface area contributed by atoms with Gasteiger partial charge in [-0.1, -0.05) is 37.3 Å². The summed E-state index contributed by atoms with van der Waals surface area (Å²) >= 11 is 0. The lowest BCUT2D eigenvalue weighted by Gasteiger charge is -2.33. The molecule has 3 rings (SSSR count). The number of ketones is 1. The van der Waals surface area contributed by atoms with Crippen molar-refractivity contribution in [1.29, 1.82) is 0 Å². The number of methoxy groups -OCH3 is 1. The second-order valence-corrected chi connectivity index (χ2v) is 11.3. The van der Waals surface area contributed by atoms with E-state index in [1.807, 2.05) is 0 Å². The summed E-state index contributed by atoms with van der Waals surface area (Å²) in [6.07, 6.45) is -0.462. The third-order valence-corrected chi connectivity index (χ3v) is 8.61. The molecule has 2 heterocycles. The van der Waals surface area contributed by atoms with Gasteiger partial charge in [0.25, 0.3) is 5.89 Å². The van der Waals surface area contributed by atoms with Gasteiger partial charge in [0.15, 0.2) is 14.6 Å². The number of hydrogen-bond acceptors (Lipinski definition) is 10. The highest BCUT2D eigenvalue weighted by atomic mass is 32.2. The van der Waals surface area contributed by atoms with Crippen LogP contribution >= 0.6 is 0 Å². The predicted molar refractivity (Wildman–Crippen MR) is 131 cm³/mol. The molecule has 1 aliphatic heterocycles. The summed E-state index contributed by atoms with van der Waals surface area (Å²) in [5.74, 6) is -2.83. The first-order chi connectivity index (χ1) is 17.6. The van der Waals surface area contributed by atoms with Crippen molar-refractivity contribution < 1.29 is 36.7 Å². The fraction of sp³-hybridized carbons (Fsp3) is 0.542. The van der Waals surface area contributed by atoms with E-state index in [-0.39, 0.29) is 24.8 Å².